The third kappa shape index (κ3) is 3.89. The van der Waals surface area contributed by atoms with E-state index in [-0.39, 0.29) is 17.2 Å². The first-order chi connectivity index (χ1) is 13.4. The van der Waals surface area contributed by atoms with E-state index >= 15 is 0 Å². The van der Waals surface area contributed by atoms with Gasteiger partial charge in [0.25, 0.3) is 0 Å². The number of rotatable bonds is 10. The molecular weight excluding hydrogens is 360 g/mol. The Balaban J connectivity index is 1.34. The van der Waals surface area contributed by atoms with Gasteiger partial charge in [-0.05, 0) is 44.9 Å². The Labute approximate surface area is 166 Å². The summed E-state index contributed by atoms with van der Waals surface area (Å²) >= 11 is 0. The third-order valence-corrected chi connectivity index (χ3v) is 7.07. The molecule has 4 aliphatic carbocycles. The van der Waals surface area contributed by atoms with Crippen LogP contribution in [-0.4, -0.2) is 61.4 Å². The second kappa shape index (κ2) is 6.79. The molecule has 6 nitrogen and oxygen atoms in total. The zero-order chi connectivity index (χ0) is 19.4. The maximum atomic E-state index is 12.4. The van der Waals surface area contributed by atoms with Crippen LogP contribution in [0.25, 0.3) is 0 Å². The van der Waals surface area contributed by atoms with Crippen LogP contribution >= 0.6 is 0 Å². The van der Waals surface area contributed by atoms with Crippen molar-refractivity contribution in [1.82, 2.24) is 0 Å². The SMILES string of the molecule is C=C(C)C(=O)OC12CC3CC(OCCC4CO4)(CC(OCCC4CO4)(C3)C1)C2. The first-order valence-corrected chi connectivity index (χ1v) is 10.8. The van der Waals surface area contributed by atoms with E-state index in [0.29, 0.717) is 36.9 Å². The molecule has 4 saturated carbocycles. The molecule has 0 aromatic rings. The Hall–Kier alpha value is -0.950. The van der Waals surface area contributed by atoms with Crippen molar-refractivity contribution in [2.45, 2.75) is 87.3 Å². The van der Waals surface area contributed by atoms with Crippen LogP contribution < -0.4 is 0 Å². The van der Waals surface area contributed by atoms with Crippen molar-refractivity contribution in [2.24, 2.45) is 5.92 Å². The molecule has 6 fully saturated rings. The molecule has 0 N–H and O–H groups in total. The standard InChI is InChI=1S/C22H32O6/c1-15(2)19(23)28-22-9-16-7-20(13-22,26-5-3-17-10-24-17)12-21(8-16,14-22)27-6-4-18-11-25-18/h16-18H,1,3-14H2,2H3. The minimum absolute atomic E-state index is 0.250. The first-order valence-electron chi connectivity index (χ1n) is 10.8. The summed E-state index contributed by atoms with van der Waals surface area (Å²) in [5, 5.41) is 0. The Morgan fingerprint density at radius 1 is 0.929 bits per heavy atom. The van der Waals surface area contributed by atoms with Gasteiger partial charge in [0, 0.05) is 38.0 Å². The molecule has 0 aromatic carbocycles. The van der Waals surface area contributed by atoms with E-state index in [1.54, 1.807) is 6.92 Å². The topological polar surface area (TPSA) is 69.8 Å². The molecule has 6 rings (SSSR count). The molecule has 4 atom stereocenters. The van der Waals surface area contributed by atoms with Crippen LogP contribution in [-0.2, 0) is 28.5 Å². The van der Waals surface area contributed by atoms with Crippen molar-refractivity contribution in [3.63, 3.8) is 0 Å². The molecule has 28 heavy (non-hydrogen) atoms. The second-order valence-electron chi connectivity index (χ2n) is 9.91. The van der Waals surface area contributed by atoms with Crippen molar-refractivity contribution in [3.8, 4) is 0 Å². The minimum Gasteiger partial charge on any atom is -0.455 e. The van der Waals surface area contributed by atoms with Crippen molar-refractivity contribution < 1.29 is 28.5 Å². The third-order valence-electron chi connectivity index (χ3n) is 7.07. The van der Waals surface area contributed by atoms with Crippen molar-refractivity contribution >= 4 is 5.97 Å². The highest BCUT2D eigenvalue weighted by Gasteiger charge is 2.66. The lowest BCUT2D eigenvalue weighted by Gasteiger charge is -2.64. The van der Waals surface area contributed by atoms with Crippen LogP contribution in [0.4, 0.5) is 0 Å². The van der Waals surface area contributed by atoms with Gasteiger partial charge < -0.3 is 23.7 Å². The van der Waals surface area contributed by atoms with Gasteiger partial charge in [-0.1, -0.05) is 6.58 Å². The van der Waals surface area contributed by atoms with E-state index in [9.17, 15) is 4.79 Å². The summed E-state index contributed by atoms with van der Waals surface area (Å²) in [6.07, 6.45) is 8.08. The van der Waals surface area contributed by atoms with Gasteiger partial charge >= 0.3 is 5.97 Å². The van der Waals surface area contributed by atoms with Crippen LogP contribution in [0.15, 0.2) is 12.2 Å². The van der Waals surface area contributed by atoms with Gasteiger partial charge in [-0.25, -0.2) is 4.79 Å². The van der Waals surface area contributed by atoms with E-state index < -0.39 is 5.60 Å². The average molecular weight is 392 g/mol. The zero-order valence-electron chi connectivity index (χ0n) is 16.9. The summed E-state index contributed by atoms with van der Waals surface area (Å²) in [6, 6.07) is 0. The molecule has 6 heteroatoms. The molecule has 6 aliphatic rings. The summed E-state index contributed by atoms with van der Waals surface area (Å²) in [7, 11) is 0. The predicted octanol–water partition coefficient (Wildman–Crippen LogP) is 2.93. The largest absolute Gasteiger partial charge is 0.455 e. The molecule has 156 valence electrons. The molecule has 2 aliphatic heterocycles. The summed E-state index contributed by atoms with van der Waals surface area (Å²) in [4.78, 5) is 12.4. The number of esters is 1. The maximum absolute atomic E-state index is 12.4. The monoisotopic (exact) mass is 392 g/mol. The summed E-state index contributed by atoms with van der Waals surface area (Å²) in [5.74, 6) is 0.188. The van der Waals surface area contributed by atoms with E-state index in [0.717, 1.165) is 64.6 Å². The fraction of sp³-hybridized carbons (Fsp3) is 0.864. The Kier molecular flexibility index (Phi) is 4.62. The van der Waals surface area contributed by atoms with Gasteiger partial charge in [-0.15, -0.1) is 0 Å². The van der Waals surface area contributed by atoms with E-state index in [1.807, 2.05) is 0 Å². The smallest absolute Gasteiger partial charge is 0.333 e. The van der Waals surface area contributed by atoms with Gasteiger partial charge in [0.15, 0.2) is 0 Å². The molecule has 4 bridgehead atoms. The summed E-state index contributed by atoms with van der Waals surface area (Å²) < 4.78 is 29.8. The highest BCUT2D eigenvalue weighted by Crippen LogP contribution is 2.63. The number of carbonyl (C=O) groups is 1. The maximum Gasteiger partial charge on any atom is 0.333 e. The molecule has 4 unspecified atom stereocenters. The normalized spacial score (nSPS) is 45.1. The molecule has 2 heterocycles. The van der Waals surface area contributed by atoms with E-state index in [1.165, 1.54) is 0 Å². The minimum atomic E-state index is -0.485. The molecule has 0 radical (unpaired) electrons. The molecule has 2 saturated heterocycles. The van der Waals surface area contributed by atoms with Gasteiger partial charge in [0.2, 0.25) is 0 Å². The molecule has 0 spiro atoms. The lowest BCUT2D eigenvalue weighted by molar-refractivity contribution is -0.283. The fourth-order valence-electron chi connectivity index (χ4n) is 6.18. The predicted molar refractivity (Wildman–Crippen MR) is 101 cm³/mol. The Bertz CT molecular complexity index is 617. The van der Waals surface area contributed by atoms with Crippen LogP contribution in [0.5, 0.6) is 0 Å². The molecule has 0 aromatic heterocycles. The first kappa shape index (κ1) is 19.0. The number of epoxide rings is 2. The number of ether oxygens (including phenoxy) is 5. The van der Waals surface area contributed by atoms with Crippen molar-refractivity contribution in [2.75, 3.05) is 26.4 Å². The van der Waals surface area contributed by atoms with Gasteiger partial charge in [0.05, 0.1) is 36.6 Å². The number of carbonyl (C=O) groups excluding carboxylic acids is 1. The number of hydrogen-bond donors (Lipinski definition) is 0. The van der Waals surface area contributed by atoms with E-state index in [4.69, 9.17) is 23.7 Å². The molecule has 0 amide bonds. The lowest BCUT2D eigenvalue weighted by atomic mass is 9.50. The average Bonchev–Trinajstić information content (AvgIpc) is 3.48. The van der Waals surface area contributed by atoms with Crippen LogP contribution in [0.3, 0.4) is 0 Å². The van der Waals surface area contributed by atoms with Crippen LogP contribution in [0, 0.1) is 5.92 Å². The van der Waals surface area contributed by atoms with Crippen molar-refractivity contribution in [3.05, 3.63) is 12.2 Å². The van der Waals surface area contributed by atoms with Gasteiger partial charge in [-0.3, -0.25) is 0 Å². The van der Waals surface area contributed by atoms with Gasteiger partial charge in [-0.2, -0.15) is 0 Å². The second-order valence-corrected chi connectivity index (χ2v) is 9.91. The lowest BCUT2D eigenvalue weighted by Crippen LogP contribution is -2.68. The Morgan fingerprint density at radius 3 is 1.86 bits per heavy atom. The van der Waals surface area contributed by atoms with Gasteiger partial charge in [0.1, 0.15) is 5.60 Å². The highest BCUT2D eigenvalue weighted by atomic mass is 16.6. The zero-order valence-corrected chi connectivity index (χ0v) is 16.9. The van der Waals surface area contributed by atoms with E-state index in [2.05, 4.69) is 6.58 Å². The highest BCUT2D eigenvalue weighted by molar-refractivity contribution is 5.87. The Morgan fingerprint density at radius 2 is 1.39 bits per heavy atom. The number of hydrogen-bond acceptors (Lipinski definition) is 6. The fourth-order valence-corrected chi connectivity index (χ4v) is 6.18. The van der Waals surface area contributed by atoms with Crippen LogP contribution in [0.1, 0.15) is 58.3 Å². The summed E-state index contributed by atoms with van der Waals surface area (Å²) in [5.41, 5.74) is -0.529. The quantitative estimate of drug-likeness (QED) is 0.323. The van der Waals surface area contributed by atoms with Crippen LogP contribution in [0.2, 0.25) is 0 Å². The van der Waals surface area contributed by atoms with Crippen molar-refractivity contribution in [1.29, 1.82) is 0 Å². The summed E-state index contributed by atoms with van der Waals surface area (Å²) in [6.45, 7) is 8.61. The molecular formula is C22H32O6.